The number of rotatable bonds is 1. The predicted molar refractivity (Wildman–Crippen MR) is 100 cm³/mol. The highest BCUT2D eigenvalue weighted by Crippen LogP contribution is 2.67. The Morgan fingerprint density at radius 1 is 1.23 bits per heavy atom. The molecule has 4 aliphatic carbocycles. The van der Waals surface area contributed by atoms with Crippen LogP contribution in [0.3, 0.4) is 0 Å². The molecule has 0 radical (unpaired) electrons. The van der Waals surface area contributed by atoms with E-state index < -0.39 is 0 Å². The SMILES string of the molecule is C[C@]12CCC3C(CC(CO)C4=CC(=NO)CC[C@@H]43)C1CC[C@@]21C=CCO1. The number of allylic oxidation sites excluding steroid dienone is 1. The second kappa shape index (κ2) is 5.93. The monoisotopic (exact) mass is 357 g/mol. The topological polar surface area (TPSA) is 62.1 Å². The molecule has 1 aliphatic heterocycles. The van der Waals surface area contributed by atoms with Crippen LogP contribution in [-0.4, -0.2) is 34.8 Å². The van der Waals surface area contributed by atoms with Crippen LogP contribution in [-0.2, 0) is 4.74 Å². The van der Waals surface area contributed by atoms with Gasteiger partial charge in [-0.2, -0.15) is 0 Å². The first-order chi connectivity index (χ1) is 12.6. The molecule has 1 heterocycles. The number of ether oxygens (including phenoxy) is 1. The maximum Gasteiger partial charge on any atom is 0.0923 e. The van der Waals surface area contributed by atoms with Crippen molar-refractivity contribution in [2.75, 3.05) is 13.2 Å². The maximum absolute atomic E-state index is 10.1. The summed E-state index contributed by atoms with van der Waals surface area (Å²) in [6, 6.07) is 0. The molecule has 0 saturated heterocycles. The zero-order valence-corrected chi connectivity index (χ0v) is 15.7. The highest BCUT2D eigenvalue weighted by Gasteiger charge is 2.63. The molecular weight excluding hydrogens is 326 g/mol. The van der Waals surface area contributed by atoms with Gasteiger partial charge >= 0.3 is 0 Å². The molecule has 5 aliphatic rings. The zero-order chi connectivity index (χ0) is 17.9. The van der Waals surface area contributed by atoms with Gasteiger partial charge < -0.3 is 15.1 Å². The van der Waals surface area contributed by atoms with Crippen molar-refractivity contribution in [2.24, 2.45) is 40.2 Å². The van der Waals surface area contributed by atoms with Gasteiger partial charge in [0, 0.05) is 17.9 Å². The Balaban J connectivity index is 1.49. The molecule has 0 aromatic rings. The Bertz CT molecular complexity index is 683. The first-order valence-electron chi connectivity index (χ1n) is 10.5. The van der Waals surface area contributed by atoms with Crippen LogP contribution in [0.5, 0.6) is 0 Å². The molecule has 1 spiro atoms. The van der Waals surface area contributed by atoms with E-state index in [1.165, 1.54) is 24.8 Å². The van der Waals surface area contributed by atoms with Crippen molar-refractivity contribution in [1.29, 1.82) is 0 Å². The van der Waals surface area contributed by atoms with Gasteiger partial charge in [-0.1, -0.05) is 29.8 Å². The second-order valence-corrected chi connectivity index (χ2v) is 9.53. The summed E-state index contributed by atoms with van der Waals surface area (Å²) in [4.78, 5) is 0. The number of hydrogen-bond donors (Lipinski definition) is 2. The third kappa shape index (κ3) is 2.12. The lowest BCUT2D eigenvalue weighted by Crippen LogP contribution is -2.53. The molecule has 26 heavy (non-hydrogen) atoms. The van der Waals surface area contributed by atoms with E-state index in [1.54, 1.807) is 0 Å². The van der Waals surface area contributed by atoms with E-state index in [-0.39, 0.29) is 23.5 Å². The Hall–Kier alpha value is -1.13. The van der Waals surface area contributed by atoms with Crippen LogP contribution in [0.15, 0.2) is 29.0 Å². The summed E-state index contributed by atoms with van der Waals surface area (Å²) in [5.74, 6) is 2.92. The largest absolute Gasteiger partial charge is 0.411 e. The molecule has 0 aromatic heterocycles. The summed E-state index contributed by atoms with van der Waals surface area (Å²) in [5.41, 5.74) is 2.37. The van der Waals surface area contributed by atoms with Crippen molar-refractivity contribution < 1.29 is 15.1 Å². The van der Waals surface area contributed by atoms with Crippen LogP contribution in [0.4, 0.5) is 0 Å². The third-order valence-electron chi connectivity index (χ3n) is 8.87. The average Bonchev–Trinajstić information content (AvgIpc) is 3.27. The van der Waals surface area contributed by atoms with E-state index in [2.05, 4.69) is 30.3 Å². The predicted octanol–water partition coefficient (Wildman–Crippen LogP) is 3.93. The van der Waals surface area contributed by atoms with E-state index >= 15 is 0 Å². The van der Waals surface area contributed by atoms with Gasteiger partial charge in [-0.3, -0.25) is 0 Å². The molecule has 4 heteroatoms. The number of aliphatic hydroxyl groups excluding tert-OH is 1. The molecule has 0 bridgehead atoms. The maximum atomic E-state index is 10.1. The number of nitrogens with zero attached hydrogens (tertiary/aromatic N) is 1. The van der Waals surface area contributed by atoms with Crippen molar-refractivity contribution in [1.82, 2.24) is 0 Å². The van der Waals surface area contributed by atoms with Gasteiger partial charge in [-0.15, -0.1) is 0 Å². The Kier molecular flexibility index (Phi) is 3.88. The fourth-order valence-corrected chi connectivity index (χ4v) is 7.63. The van der Waals surface area contributed by atoms with Crippen molar-refractivity contribution in [3.8, 4) is 0 Å². The Morgan fingerprint density at radius 2 is 2.12 bits per heavy atom. The van der Waals surface area contributed by atoms with Crippen molar-refractivity contribution in [3.05, 3.63) is 23.8 Å². The zero-order valence-electron chi connectivity index (χ0n) is 15.7. The lowest BCUT2D eigenvalue weighted by molar-refractivity contribution is -0.114. The van der Waals surface area contributed by atoms with Crippen LogP contribution in [0, 0.1) is 35.0 Å². The molecule has 4 nitrogen and oxygen atoms in total. The van der Waals surface area contributed by atoms with Crippen molar-refractivity contribution in [2.45, 2.75) is 57.5 Å². The van der Waals surface area contributed by atoms with E-state index in [1.807, 2.05) is 0 Å². The van der Waals surface area contributed by atoms with Crippen molar-refractivity contribution in [3.63, 3.8) is 0 Å². The van der Waals surface area contributed by atoms with E-state index in [9.17, 15) is 10.3 Å². The highest BCUT2D eigenvalue weighted by molar-refractivity contribution is 5.96. The minimum atomic E-state index is -0.0310. The fourth-order valence-electron chi connectivity index (χ4n) is 7.63. The lowest BCUT2D eigenvalue weighted by Gasteiger charge is -2.57. The molecular formula is C22H31NO3. The molecule has 142 valence electrons. The minimum Gasteiger partial charge on any atom is -0.411 e. The van der Waals surface area contributed by atoms with Crippen LogP contribution < -0.4 is 0 Å². The summed E-state index contributed by atoms with van der Waals surface area (Å²) in [6.45, 7) is 3.47. The summed E-state index contributed by atoms with van der Waals surface area (Å²) in [5, 5.41) is 22.8. The number of fused-ring (bicyclic) bond motifs is 6. The first-order valence-corrected chi connectivity index (χ1v) is 10.5. The smallest absolute Gasteiger partial charge is 0.0923 e. The molecule has 5 rings (SSSR count). The molecule has 3 fully saturated rings. The highest BCUT2D eigenvalue weighted by atomic mass is 16.5. The lowest BCUT2D eigenvalue weighted by atomic mass is 9.49. The summed E-state index contributed by atoms with van der Waals surface area (Å²) >= 11 is 0. The van der Waals surface area contributed by atoms with E-state index in [4.69, 9.17) is 4.74 Å². The summed E-state index contributed by atoms with van der Waals surface area (Å²) in [6.07, 6.45) is 14.6. The average molecular weight is 357 g/mol. The Morgan fingerprint density at radius 3 is 2.85 bits per heavy atom. The van der Waals surface area contributed by atoms with Crippen molar-refractivity contribution >= 4 is 5.71 Å². The molecule has 2 N–H and O–H groups in total. The van der Waals surface area contributed by atoms with E-state index in [0.717, 1.165) is 43.9 Å². The number of hydrogen-bond acceptors (Lipinski definition) is 4. The van der Waals surface area contributed by atoms with Gasteiger partial charge in [-0.25, -0.2) is 0 Å². The third-order valence-corrected chi connectivity index (χ3v) is 8.87. The standard InChI is InChI=1S/C22H31NO3/c1-21-8-5-17-16-4-3-15(23-25)12-18(16)14(13-24)11-19(17)20(21)6-9-22(21)7-2-10-26-22/h2,7,12,14,16-17,19-20,24-25H,3-6,8-11,13H2,1H3/t14?,16-,17?,19?,20?,21+,22+/m1/s1. The minimum absolute atomic E-state index is 0.0310. The van der Waals surface area contributed by atoms with Gasteiger partial charge in [0.1, 0.15) is 0 Å². The number of oxime groups is 1. The first kappa shape index (κ1) is 17.0. The van der Waals surface area contributed by atoms with Gasteiger partial charge in [0.25, 0.3) is 0 Å². The van der Waals surface area contributed by atoms with Crippen LogP contribution in [0.1, 0.15) is 51.9 Å². The number of aliphatic hydroxyl groups is 1. The van der Waals surface area contributed by atoms with Crippen LogP contribution in [0.2, 0.25) is 0 Å². The normalized spacial score (nSPS) is 51.2. The summed E-state index contributed by atoms with van der Waals surface area (Å²) in [7, 11) is 0. The second-order valence-electron chi connectivity index (χ2n) is 9.53. The molecule has 0 amide bonds. The molecule has 7 atom stereocenters. The van der Waals surface area contributed by atoms with Crippen LogP contribution in [0.25, 0.3) is 0 Å². The fraction of sp³-hybridized carbons (Fsp3) is 0.773. The Labute approximate surface area is 156 Å². The van der Waals surface area contributed by atoms with Crippen LogP contribution >= 0.6 is 0 Å². The molecule has 3 saturated carbocycles. The van der Waals surface area contributed by atoms with Gasteiger partial charge in [0.05, 0.1) is 17.9 Å². The summed E-state index contributed by atoms with van der Waals surface area (Å²) < 4.78 is 6.33. The van der Waals surface area contributed by atoms with E-state index in [0.29, 0.717) is 17.8 Å². The van der Waals surface area contributed by atoms with Gasteiger partial charge in [-0.05, 0) is 74.7 Å². The van der Waals surface area contributed by atoms with Gasteiger partial charge in [0.15, 0.2) is 0 Å². The van der Waals surface area contributed by atoms with Gasteiger partial charge in [0.2, 0.25) is 0 Å². The molecule has 0 aromatic carbocycles. The molecule has 4 unspecified atom stereocenters. The quantitative estimate of drug-likeness (QED) is 0.425.